The second-order valence-corrected chi connectivity index (χ2v) is 4.08. The van der Waals surface area contributed by atoms with E-state index in [1.807, 2.05) is 6.92 Å². The number of carbonyl (C=O) groups excluding carboxylic acids is 1. The third-order valence-electron chi connectivity index (χ3n) is 2.60. The van der Waals surface area contributed by atoms with Gasteiger partial charge >= 0.3 is 0 Å². The van der Waals surface area contributed by atoms with Crippen LogP contribution in [0.4, 0.5) is 0 Å². The first-order chi connectivity index (χ1) is 6.74. The average molecular weight is 200 g/mol. The average Bonchev–Trinajstić information content (AvgIpc) is 2.26. The standard InChI is InChI=1S/C10H20N2O2/c1-8(7-13)5-12-10(14)9-3-2-4-11-6-9/h8-9,11,13H,2-7H2,1H3,(H,12,14)/t8?,9-/m0/s1. The van der Waals surface area contributed by atoms with E-state index in [1.165, 1.54) is 0 Å². The molecule has 1 amide bonds. The highest BCUT2D eigenvalue weighted by Crippen LogP contribution is 2.09. The maximum Gasteiger partial charge on any atom is 0.224 e. The fourth-order valence-electron chi connectivity index (χ4n) is 1.56. The van der Waals surface area contributed by atoms with Gasteiger partial charge in [-0.3, -0.25) is 4.79 Å². The molecule has 1 fully saturated rings. The maximum absolute atomic E-state index is 11.6. The number of nitrogens with one attached hydrogen (secondary N) is 2. The van der Waals surface area contributed by atoms with E-state index in [0.29, 0.717) is 6.54 Å². The van der Waals surface area contributed by atoms with E-state index in [9.17, 15) is 4.79 Å². The predicted octanol–water partition coefficient (Wildman–Crippen LogP) is -0.269. The molecule has 0 aromatic heterocycles. The molecule has 0 bridgehead atoms. The van der Waals surface area contributed by atoms with E-state index in [4.69, 9.17) is 5.11 Å². The van der Waals surface area contributed by atoms with Gasteiger partial charge in [0.25, 0.3) is 0 Å². The van der Waals surface area contributed by atoms with E-state index in [1.54, 1.807) is 0 Å². The number of hydrogen-bond donors (Lipinski definition) is 3. The zero-order chi connectivity index (χ0) is 10.4. The van der Waals surface area contributed by atoms with Crippen LogP contribution < -0.4 is 10.6 Å². The molecule has 3 N–H and O–H groups in total. The molecule has 1 aliphatic heterocycles. The smallest absolute Gasteiger partial charge is 0.224 e. The summed E-state index contributed by atoms with van der Waals surface area (Å²) in [4.78, 5) is 11.6. The number of aliphatic hydroxyl groups is 1. The lowest BCUT2D eigenvalue weighted by Gasteiger charge is -2.22. The van der Waals surface area contributed by atoms with Crippen LogP contribution in [0.3, 0.4) is 0 Å². The molecule has 0 radical (unpaired) electrons. The van der Waals surface area contributed by atoms with Crippen LogP contribution in [0.15, 0.2) is 0 Å². The Morgan fingerprint density at radius 2 is 2.50 bits per heavy atom. The molecule has 0 spiro atoms. The van der Waals surface area contributed by atoms with Gasteiger partial charge in [-0.15, -0.1) is 0 Å². The van der Waals surface area contributed by atoms with E-state index in [0.717, 1.165) is 25.9 Å². The SMILES string of the molecule is CC(CO)CNC(=O)[C@H]1CCCNC1. The van der Waals surface area contributed by atoms with Crippen LogP contribution in [0.5, 0.6) is 0 Å². The Morgan fingerprint density at radius 3 is 3.07 bits per heavy atom. The van der Waals surface area contributed by atoms with Crippen molar-refractivity contribution >= 4 is 5.91 Å². The van der Waals surface area contributed by atoms with Crippen molar-refractivity contribution in [2.75, 3.05) is 26.2 Å². The molecule has 1 saturated heterocycles. The molecule has 0 aliphatic carbocycles. The lowest BCUT2D eigenvalue weighted by Crippen LogP contribution is -2.42. The minimum Gasteiger partial charge on any atom is -0.396 e. The van der Waals surface area contributed by atoms with Crippen molar-refractivity contribution in [2.24, 2.45) is 11.8 Å². The van der Waals surface area contributed by atoms with Gasteiger partial charge in [0.1, 0.15) is 0 Å². The van der Waals surface area contributed by atoms with Gasteiger partial charge in [-0.25, -0.2) is 0 Å². The summed E-state index contributed by atoms with van der Waals surface area (Å²) in [5.41, 5.74) is 0. The Balaban J connectivity index is 2.19. The number of aliphatic hydroxyl groups excluding tert-OH is 1. The Hall–Kier alpha value is -0.610. The van der Waals surface area contributed by atoms with E-state index >= 15 is 0 Å². The first-order valence-electron chi connectivity index (χ1n) is 5.33. The normalized spacial score (nSPS) is 24.3. The van der Waals surface area contributed by atoms with E-state index in [2.05, 4.69) is 10.6 Å². The summed E-state index contributed by atoms with van der Waals surface area (Å²) in [6.45, 7) is 4.44. The largest absolute Gasteiger partial charge is 0.396 e. The second-order valence-electron chi connectivity index (χ2n) is 4.08. The summed E-state index contributed by atoms with van der Waals surface area (Å²) >= 11 is 0. The zero-order valence-electron chi connectivity index (χ0n) is 8.75. The number of amides is 1. The molecule has 14 heavy (non-hydrogen) atoms. The van der Waals surface area contributed by atoms with Crippen molar-refractivity contribution in [2.45, 2.75) is 19.8 Å². The van der Waals surface area contributed by atoms with Crippen molar-refractivity contribution in [1.29, 1.82) is 0 Å². The summed E-state index contributed by atoms with van der Waals surface area (Å²) < 4.78 is 0. The third-order valence-corrected chi connectivity index (χ3v) is 2.60. The van der Waals surface area contributed by atoms with Gasteiger partial charge in [0.15, 0.2) is 0 Å². The molecule has 1 unspecified atom stereocenters. The summed E-state index contributed by atoms with van der Waals surface area (Å²) in [5.74, 6) is 0.391. The van der Waals surface area contributed by atoms with Gasteiger partial charge < -0.3 is 15.7 Å². The van der Waals surface area contributed by atoms with Crippen molar-refractivity contribution in [3.05, 3.63) is 0 Å². The minimum atomic E-state index is 0.120. The van der Waals surface area contributed by atoms with Crippen molar-refractivity contribution in [3.63, 3.8) is 0 Å². The molecule has 82 valence electrons. The van der Waals surface area contributed by atoms with Gasteiger partial charge in [-0.2, -0.15) is 0 Å². The van der Waals surface area contributed by atoms with Gasteiger partial charge in [0.2, 0.25) is 5.91 Å². The summed E-state index contributed by atoms with van der Waals surface area (Å²) in [6.07, 6.45) is 2.06. The number of rotatable bonds is 4. The van der Waals surface area contributed by atoms with Crippen LogP contribution in [0.2, 0.25) is 0 Å². The Labute approximate surface area is 85.1 Å². The molecule has 0 aromatic carbocycles. The van der Waals surface area contributed by atoms with Gasteiger partial charge in [0, 0.05) is 19.7 Å². The van der Waals surface area contributed by atoms with Crippen molar-refractivity contribution in [1.82, 2.24) is 10.6 Å². The Morgan fingerprint density at radius 1 is 1.71 bits per heavy atom. The van der Waals surface area contributed by atoms with Crippen LogP contribution in [0, 0.1) is 11.8 Å². The predicted molar refractivity (Wildman–Crippen MR) is 54.9 cm³/mol. The number of hydrogen-bond acceptors (Lipinski definition) is 3. The van der Waals surface area contributed by atoms with E-state index in [-0.39, 0.29) is 24.3 Å². The molecular weight excluding hydrogens is 180 g/mol. The molecule has 4 nitrogen and oxygen atoms in total. The fraction of sp³-hybridized carbons (Fsp3) is 0.900. The topological polar surface area (TPSA) is 61.4 Å². The molecule has 4 heteroatoms. The number of carbonyl (C=O) groups is 1. The molecule has 1 heterocycles. The van der Waals surface area contributed by atoms with Crippen molar-refractivity contribution < 1.29 is 9.90 Å². The number of piperidine rings is 1. The summed E-state index contributed by atoms with van der Waals surface area (Å²) in [6, 6.07) is 0. The van der Waals surface area contributed by atoms with Crippen LogP contribution in [0.25, 0.3) is 0 Å². The van der Waals surface area contributed by atoms with E-state index < -0.39 is 0 Å². The van der Waals surface area contributed by atoms with Crippen LogP contribution in [-0.2, 0) is 4.79 Å². The lowest BCUT2D eigenvalue weighted by molar-refractivity contribution is -0.125. The highest BCUT2D eigenvalue weighted by molar-refractivity contribution is 5.78. The maximum atomic E-state index is 11.6. The summed E-state index contributed by atoms with van der Waals surface area (Å²) in [7, 11) is 0. The highest BCUT2D eigenvalue weighted by Gasteiger charge is 2.20. The Kier molecular flexibility index (Phi) is 4.90. The molecule has 0 saturated carbocycles. The molecule has 0 aromatic rings. The van der Waals surface area contributed by atoms with Gasteiger partial charge in [-0.05, 0) is 25.3 Å². The molecule has 1 aliphatic rings. The molecule has 1 rings (SSSR count). The first kappa shape index (κ1) is 11.5. The summed E-state index contributed by atoms with van der Waals surface area (Å²) in [5, 5.41) is 14.9. The monoisotopic (exact) mass is 200 g/mol. The van der Waals surface area contributed by atoms with Crippen molar-refractivity contribution in [3.8, 4) is 0 Å². The highest BCUT2D eigenvalue weighted by atomic mass is 16.3. The quantitative estimate of drug-likeness (QED) is 0.585. The zero-order valence-corrected chi connectivity index (χ0v) is 8.75. The van der Waals surface area contributed by atoms with Crippen LogP contribution in [0.1, 0.15) is 19.8 Å². The molecular formula is C10H20N2O2. The van der Waals surface area contributed by atoms with Gasteiger partial charge in [-0.1, -0.05) is 6.92 Å². The van der Waals surface area contributed by atoms with Gasteiger partial charge in [0.05, 0.1) is 5.92 Å². The molecule has 2 atom stereocenters. The first-order valence-corrected chi connectivity index (χ1v) is 5.33. The third kappa shape index (κ3) is 3.64. The van der Waals surface area contributed by atoms with Crippen LogP contribution in [-0.4, -0.2) is 37.3 Å². The Bertz CT molecular complexity index is 179. The minimum absolute atomic E-state index is 0.120. The lowest BCUT2D eigenvalue weighted by atomic mass is 9.98. The second kappa shape index (κ2) is 5.98. The van der Waals surface area contributed by atoms with Crippen LogP contribution >= 0.6 is 0 Å². The fourth-order valence-corrected chi connectivity index (χ4v) is 1.56.